The third-order valence-electron chi connectivity index (χ3n) is 2.29. The van der Waals surface area contributed by atoms with Crippen LogP contribution in [-0.4, -0.2) is 4.98 Å². The molecule has 0 spiro atoms. The van der Waals surface area contributed by atoms with E-state index >= 15 is 0 Å². The predicted octanol–water partition coefficient (Wildman–Crippen LogP) is 3.97. The van der Waals surface area contributed by atoms with E-state index in [9.17, 15) is 0 Å². The van der Waals surface area contributed by atoms with Gasteiger partial charge in [0.2, 0.25) is 0 Å². The van der Waals surface area contributed by atoms with Crippen LogP contribution < -0.4 is 0 Å². The second-order valence-corrected chi connectivity index (χ2v) is 6.50. The van der Waals surface area contributed by atoms with Gasteiger partial charge in [-0.1, -0.05) is 47.6 Å². The normalized spacial score (nSPS) is 12.9. The maximum absolute atomic E-state index is 4.73. The van der Waals surface area contributed by atoms with E-state index < -0.39 is 0 Å². The average Bonchev–Trinajstić information content (AvgIpc) is 1.99. The Balaban J connectivity index is 2.94. The second-order valence-electron chi connectivity index (χ2n) is 6.50. The molecule has 0 aromatic carbocycles. The molecule has 0 amide bonds. The lowest BCUT2D eigenvalue weighted by Gasteiger charge is -2.21. The van der Waals surface area contributed by atoms with E-state index in [4.69, 9.17) is 4.98 Å². The Bertz CT molecular complexity index is 326. The van der Waals surface area contributed by atoms with Gasteiger partial charge in [0, 0.05) is 16.8 Å². The number of rotatable bonds is 1. The highest BCUT2D eigenvalue weighted by molar-refractivity contribution is 5.18. The fourth-order valence-electron chi connectivity index (χ4n) is 1.54. The van der Waals surface area contributed by atoms with Crippen molar-refractivity contribution in [2.24, 2.45) is 5.41 Å². The molecule has 1 rings (SSSR count). The number of hydrogen-bond donors (Lipinski definition) is 0. The van der Waals surface area contributed by atoms with Crippen molar-refractivity contribution in [1.29, 1.82) is 0 Å². The van der Waals surface area contributed by atoms with Crippen LogP contribution in [-0.2, 0) is 11.8 Å². The summed E-state index contributed by atoms with van der Waals surface area (Å²) in [5, 5.41) is 0. The highest BCUT2D eigenvalue weighted by Crippen LogP contribution is 2.23. The van der Waals surface area contributed by atoms with Gasteiger partial charge in [0.15, 0.2) is 0 Å². The Labute approximate surface area is 93.9 Å². The highest BCUT2D eigenvalue weighted by Gasteiger charge is 2.17. The van der Waals surface area contributed by atoms with Gasteiger partial charge in [-0.3, -0.25) is 4.98 Å². The summed E-state index contributed by atoms with van der Waals surface area (Å²) in [5.41, 5.74) is 2.84. The van der Waals surface area contributed by atoms with Crippen molar-refractivity contribution in [3.63, 3.8) is 0 Å². The zero-order chi connectivity index (χ0) is 11.7. The monoisotopic (exact) mass is 205 g/mol. The predicted molar refractivity (Wildman–Crippen MR) is 66.1 cm³/mol. The van der Waals surface area contributed by atoms with E-state index in [1.807, 2.05) is 0 Å². The second kappa shape index (κ2) is 3.96. The lowest BCUT2D eigenvalue weighted by atomic mass is 9.88. The fraction of sp³-hybridized carbons (Fsp3) is 0.643. The molecule has 0 aliphatic heterocycles. The van der Waals surface area contributed by atoms with Crippen molar-refractivity contribution < 1.29 is 0 Å². The fourth-order valence-corrected chi connectivity index (χ4v) is 1.54. The Morgan fingerprint density at radius 1 is 1.00 bits per heavy atom. The van der Waals surface area contributed by atoms with Gasteiger partial charge < -0.3 is 0 Å². The first-order valence-electron chi connectivity index (χ1n) is 5.65. The van der Waals surface area contributed by atoms with Crippen LogP contribution in [0.5, 0.6) is 0 Å². The summed E-state index contributed by atoms with van der Waals surface area (Å²) < 4.78 is 0. The van der Waals surface area contributed by atoms with Gasteiger partial charge in [0.1, 0.15) is 0 Å². The van der Waals surface area contributed by atoms with Crippen LogP contribution >= 0.6 is 0 Å². The molecular formula is C14H23N. The average molecular weight is 205 g/mol. The van der Waals surface area contributed by atoms with E-state index in [2.05, 4.69) is 59.7 Å². The summed E-state index contributed by atoms with van der Waals surface area (Å²) in [6.07, 6.45) is 1.04. The molecule has 0 bridgehead atoms. The van der Waals surface area contributed by atoms with E-state index in [1.165, 1.54) is 11.4 Å². The van der Waals surface area contributed by atoms with Crippen LogP contribution in [0.4, 0.5) is 0 Å². The molecule has 0 aliphatic carbocycles. The van der Waals surface area contributed by atoms with Crippen LogP contribution in [0.15, 0.2) is 18.2 Å². The Morgan fingerprint density at radius 2 is 1.60 bits per heavy atom. The van der Waals surface area contributed by atoms with Crippen LogP contribution in [0, 0.1) is 5.41 Å². The highest BCUT2D eigenvalue weighted by atomic mass is 14.7. The van der Waals surface area contributed by atoms with E-state index in [0.29, 0.717) is 5.41 Å². The topological polar surface area (TPSA) is 12.9 Å². The molecule has 0 fully saturated rings. The minimum Gasteiger partial charge on any atom is -0.257 e. The molecule has 0 unspecified atom stereocenters. The van der Waals surface area contributed by atoms with E-state index in [1.54, 1.807) is 0 Å². The molecule has 15 heavy (non-hydrogen) atoms. The van der Waals surface area contributed by atoms with Crippen molar-refractivity contribution in [3.8, 4) is 0 Å². The van der Waals surface area contributed by atoms with Crippen molar-refractivity contribution in [2.75, 3.05) is 0 Å². The Kier molecular flexibility index (Phi) is 3.22. The third-order valence-corrected chi connectivity index (χ3v) is 2.29. The number of hydrogen-bond acceptors (Lipinski definition) is 1. The number of pyridine rings is 1. The molecule has 1 heterocycles. The zero-order valence-corrected chi connectivity index (χ0v) is 10.9. The third kappa shape index (κ3) is 4.03. The van der Waals surface area contributed by atoms with Crippen LogP contribution in [0.1, 0.15) is 52.9 Å². The lowest BCUT2D eigenvalue weighted by molar-refractivity contribution is 0.404. The molecular weight excluding hydrogens is 182 g/mol. The summed E-state index contributed by atoms with van der Waals surface area (Å²) >= 11 is 0. The van der Waals surface area contributed by atoms with Gasteiger partial charge in [-0.15, -0.1) is 0 Å². The molecule has 84 valence electrons. The minimum atomic E-state index is 0.147. The van der Waals surface area contributed by atoms with Gasteiger partial charge in [0.05, 0.1) is 0 Å². The molecule has 1 heteroatoms. The van der Waals surface area contributed by atoms with Gasteiger partial charge in [0.25, 0.3) is 0 Å². The molecule has 0 saturated heterocycles. The minimum absolute atomic E-state index is 0.147. The summed E-state index contributed by atoms with van der Waals surface area (Å²) in [6, 6.07) is 6.36. The maximum atomic E-state index is 4.73. The van der Waals surface area contributed by atoms with Crippen molar-refractivity contribution >= 4 is 0 Å². The molecule has 0 saturated carbocycles. The molecule has 1 aromatic rings. The number of nitrogens with zero attached hydrogens (tertiary/aromatic N) is 1. The molecule has 0 radical (unpaired) electrons. The van der Waals surface area contributed by atoms with Crippen LogP contribution in [0.2, 0.25) is 0 Å². The van der Waals surface area contributed by atoms with E-state index in [-0.39, 0.29) is 5.41 Å². The quantitative estimate of drug-likeness (QED) is 0.676. The standard InChI is InChI=1S/C14H23N/c1-13(2,3)10-11-8-7-9-12(15-11)14(4,5)6/h7-9H,10H2,1-6H3. The Hall–Kier alpha value is -0.850. The molecule has 1 nitrogen and oxygen atoms in total. The largest absolute Gasteiger partial charge is 0.257 e. The van der Waals surface area contributed by atoms with Gasteiger partial charge in [-0.05, 0) is 24.0 Å². The van der Waals surface area contributed by atoms with Crippen LogP contribution in [0.25, 0.3) is 0 Å². The van der Waals surface area contributed by atoms with E-state index in [0.717, 1.165) is 6.42 Å². The number of aromatic nitrogens is 1. The van der Waals surface area contributed by atoms with Gasteiger partial charge >= 0.3 is 0 Å². The summed E-state index contributed by atoms with van der Waals surface area (Å²) in [4.78, 5) is 4.73. The molecule has 0 N–H and O–H groups in total. The lowest BCUT2D eigenvalue weighted by Crippen LogP contribution is -2.16. The zero-order valence-electron chi connectivity index (χ0n) is 10.9. The van der Waals surface area contributed by atoms with Gasteiger partial charge in [-0.2, -0.15) is 0 Å². The first-order valence-corrected chi connectivity index (χ1v) is 5.65. The first kappa shape index (κ1) is 12.2. The van der Waals surface area contributed by atoms with Crippen molar-refractivity contribution in [2.45, 2.75) is 53.4 Å². The smallest absolute Gasteiger partial charge is 0.0460 e. The van der Waals surface area contributed by atoms with Crippen LogP contribution in [0.3, 0.4) is 0 Å². The summed E-state index contributed by atoms with van der Waals surface area (Å²) in [5.74, 6) is 0. The first-order chi connectivity index (χ1) is 6.68. The van der Waals surface area contributed by atoms with Gasteiger partial charge in [-0.25, -0.2) is 0 Å². The molecule has 1 aromatic heterocycles. The Morgan fingerprint density at radius 3 is 2.07 bits per heavy atom. The van der Waals surface area contributed by atoms with Crippen molar-refractivity contribution in [1.82, 2.24) is 4.98 Å². The SMILES string of the molecule is CC(C)(C)Cc1cccc(C(C)(C)C)n1. The summed E-state index contributed by atoms with van der Waals surface area (Å²) in [6.45, 7) is 13.4. The maximum Gasteiger partial charge on any atom is 0.0460 e. The van der Waals surface area contributed by atoms with Crippen molar-refractivity contribution in [3.05, 3.63) is 29.6 Å². The molecule has 0 aliphatic rings. The molecule has 0 atom stereocenters. The summed E-state index contributed by atoms with van der Waals surface area (Å²) in [7, 11) is 0.